The summed E-state index contributed by atoms with van der Waals surface area (Å²) in [5.41, 5.74) is 1.11. The van der Waals surface area contributed by atoms with Crippen LogP contribution in [0.25, 0.3) is 10.9 Å². The van der Waals surface area contributed by atoms with Gasteiger partial charge in [-0.3, -0.25) is 14.2 Å². The number of rotatable bonds is 8. The Morgan fingerprint density at radius 1 is 1.28 bits per heavy atom. The Labute approximate surface area is 149 Å². The standard InChI is InChI=1S/C18H19N3O3S/c1-24-11-5-10-21-17(23)13-6-2-3-7-14(13)20-18(21)25-12-16(22)15-8-4-9-19-15/h2-4,6-9,19H,5,10-12H2,1H3. The topological polar surface area (TPSA) is 77.0 Å². The Bertz CT molecular complexity index is 919. The van der Waals surface area contributed by atoms with Crippen LogP contribution in [0.15, 0.2) is 52.5 Å². The Morgan fingerprint density at radius 2 is 2.12 bits per heavy atom. The highest BCUT2D eigenvalue weighted by Gasteiger charge is 2.14. The smallest absolute Gasteiger partial charge is 0.262 e. The van der Waals surface area contributed by atoms with Crippen LogP contribution in [0.5, 0.6) is 0 Å². The number of aromatic amines is 1. The molecule has 0 spiro atoms. The number of hydrogen-bond donors (Lipinski definition) is 1. The number of para-hydroxylation sites is 1. The molecule has 0 amide bonds. The largest absolute Gasteiger partial charge is 0.385 e. The van der Waals surface area contributed by atoms with Gasteiger partial charge in [-0.25, -0.2) is 4.98 Å². The van der Waals surface area contributed by atoms with Crippen LogP contribution < -0.4 is 5.56 Å². The van der Waals surface area contributed by atoms with Crippen LogP contribution in [0, 0.1) is 0 Å². The van der Waals surface area contributed by atoms with E-state index >= 15 is 0 Å². The summed E-state index contributed by atoms with van der Waals surface area (Å²) in [5, 5.41) is 1.14. The van der Waals surface area contributed by atoms with Gasteiger partial charge in [-0.1, -0.05) is 23.9 Å². The number of thioether (sulfide) groups is 1. The molecule has 0 saturated carbocycles. The maximum atomic E-state index is 12.8. The summed E-state index contributed by atoms with van der Waals surface area (Å²) in [6.45, 7) is 1.06. The van der Waals surface area contributed by atoms with Gasteiger partial charge >= 0.3 is 0 Å². The van der Waals surface area contributed by atoms with E-state index in [1.165, 1.54) is 11.8 Å². The number of H-pyrrole nitrogens is 1. The number of ketones is 1. The van der Waals surface area contributed by atoms with Crippen molar-refractivity contribution in [2.75, 3.05) is 19.5 Å². The van der Waals surface area contributed by atoms with Crippen molar-refractivity contribution in [2.45, 2.75) is 18.1 Å². The summed E-state index contributed by atoms with van der Waals surface area (Å²) >= 11 is 1.28. The number of benzene rings is 1. The van der Waals surface area contributed by atoms with Crippen molar-refractivity contribution in [3.63, 3.8) is 0 Å². The molecule has 1 aromatic carbocycles. The zero-order valence-corrected chi connectivity index (χ0v) is 14.7. The monoisotopic (exact) mass is 357 g/mol. The van der Waals surface area contributed by atoms with Crippen LogP contribution in [0.1, 0.15) is 16.9 Å². The van der Waals surface area contributed by atoms with Gasteiger partial charge in [0, 0.05) is 26.5 Å². The minimum atomic E-state index is -0.0866. The van der Waals surface area contributed by atoms with Crippen LogP contribution in [-0.4, -0.2) is 39.8 Å². The minimum absolute atomic E-state index is 0.0270. The summed E-state index contributed by atoms with van der Waals surface area (Å²) in [6.07, 6.45) is 2.42. The fourth-order valence-corrected chi connectivity index (χ4v) is 3.44. The highest BCUT2D eigenvalue weighted by molar-refractivity contribution is 7.99. The molecule has 1 N–H and O–H groups in total. The van der Waals surface area contributed by atoms with E-state index in [1.54, 1.807) is 36.1 Å². The molecule has 0 saturated heterocycles. The fourth-order valence-electron chi connectivity index (χ4n) is 2.53. The average Bonchev–Trinajstić information content (AvgIpc) is 3.17. The Morgan fingerprint density at radius 3 is 2.88 bits per heavy atom. The lowest BCUT2D eigenvalue weighted by atomic mass is 10.2. The maximum absolute atomic E-state index is 12.8. The van der Waals surface area contributed by atoms with Crippen molar-refractivity contribution >= 4 is 28.4 Å². The second-order valence-electron chi connectivity index (χ2n) is 5.51. The van der Waals surface area contributed by atoms with Crippen molar-refractivity contribution in [1.29, 1.82) is 0 Å². The number of methoxy groups -OCH3 is 1. The predicted molar refractivity (Wildman–Crippen MR) is 98.3 cm³/mol. The number of carbonyl (C=O) groups excluding carboxylic acids is 1. The van der Waals surface area contributed by atoms with Gasteiger partial charge < -0.3 is 9.72 Å². The minimum Gasteiger partial charge on any atom is -0.385 e. The third kappa shape index (κ3) is 4.00. The van der Waals surface area contributed by atoms with Gasteiger partial charge in [-0.15, -0.1) is 0 Å². The molecular formula is C18H19N3O3S. The number of nitrogens with zero attached hydrogens (tertiary/aromatic N) is 2. The first-order chi connectivity index (χ1) is 12.2. The molecule has 0 unspecified atom stereocenters. The van der Waals surface area contributed by atoms with Crippen LogP contribution in [0.2, 0.25) is 0 Å². The van der Waals surface area contributed by atoms with Crippen molar-refractivity contribution in [3.05, 3.63) is 58.6 Å². The Kier molecular flexibility index (Phi) is 5.67. The SMILES string of the molecule is COCCCn1c(SCC(=O)c2ccc[nH]2)nc2ccccc2c1=O. The average molecular weight is 357 g/mol. The van der Waals surface area contributed by atoms with Gasteiger partial charge in [-0.05, 0) is 30.7 Å². The first-order valence-corrected chi connectivity index (χ1v) is 8.97. The second-order valence-corrected chi connectivity index (χ2v) is 6.45. The zero-order chi connectivity index (χ0) is 17.6. The summed E-state index contributed by atoms with van der Waals surface area (Å²) in [6, 6.07) is 10.8. The number of aromatic nitrogens is 3. The molecule has 0 aliphatic heterocycles. The fraction of sp³-hybridized carbons (Fsp3) is 0.278. The molecule has 2 heterocycles. The van der Waals surface area contributed by atoms with Gasteiger partial charge in [0.25, 0.3) is 5.56 Å². The lowest BCUT2D eigenvalue weighted by Crippen LogP contribution is -2.24. The molecule has 3 aromatic rings. The van der Waals surface area contributed by atoms with Gasteiger partial charge in [0.1, 0.15) is 0 Å². The van der Waals surface area contributed by atoms with Crippen LogP contribution in [-0.2, 0) is 11.3 Å². The Hall–Kier alpha value is -2.38. The summed E-state index contributed by atoms with van der Waals surface area (Å²) in [5.74, 6) is 0.191. The van der Waals surface area contributed by atoms with E-state index in [2.05, 4.69) is 9.97 Å². The molecule has 25 heavy (non-hydrogen) atoms. The summed E-state index contributed by atoms with van der Waals surface area (Å²) in [4.78, 5) is 32.5. The number of nitrogens with one attached hydrogen (secondary N) is 1. The molecule has 0 aliphatic carbocycles. The third-order valence-corrected chi connectivity index (χ3v) is 4.76. The van der Waals surface area contributed by atoms with E-state index in [1.807, 2.05) is 18.2 Å². The van der Waals surface area contributed by atoms with Crippen molar-refractivity contribution in [1.82, 2.24) is 14.5 Å². The number of hydrogen-bond acceptors (Lipinski definition) is 5. The normalized spacial score (nSPS) is 11.1. The van der Waals surface area contributed by atoms with E-state index < -0.39 is 0 Å². The molecule has 0 aliphatic rings. The van der Waals surface area contributed by atoms with E-state index in [0.717, 1.165) is 0 Å². The lowest BCUT2D eigenvalue weighted by molar-refractivity contribution is 0.101. The molecular weight excluding hydrogens is 338 g/mol. The van der Waals surface area contributed by atoms with Gasteiger partial charge in [0.05, 0.1) is 22.3 Å². The molecule has 7 heteroatoms. The summed E-state index contributed by atoms with van der Waals surface area (Å²) < 4.78 is 6.71. The molecule has 130 valence electrons. The molecule has 0 radical (unpaired) electrons. The molecule has 3 rings (SSSR count). The maximum Gasteiger partial charge on any atom is 0.262 e. The van der Waals surface area contributed by atoms with Crippen molar-refractivity contribution in [2.24, 2.45) is 0 Å². The van der Waals surface area contributed by atoms with Gasteiger partial charge in [0.2, 0.25) is 0 Å². The quantitative estimate of drug-likeness (QED) is 0.290. The molecule has 0 bridgehead atoms. The van der Waals surface area contributed by atoms with E-state index in [0.29, 0.717) is 41.3 Å². The lowest BCUT2D eigenvalue weighted by Gasteiger charge is -2.12. The number of fused-ring (bicyclic) bond motifs is 1. The van der Waals surface area contributed by atoms with Crippen molar-refractivity contribution < 1.29 is 9.53 Å². The zero-order valence-electron chi connectivity index (χ0n) is 13.9. The third-order valence-electron chi connectivity index (χ3n) is 3.79. The van der Waals surface area contributed by atoms with E-state index in [-0.39, 0.29) is 17.1 Å². The first-order valence-electron chi connectivity index (χ1n) is 7.98. The number of ether oxygens (including phenoxy) is 1. The van der Waals surface area contributed by atoms with Crippen LogP contribution >= 0.6 is 11.8 Å². The predicted octanol–water partition coefficient (Wildman–Crippen LogP) is 2.74. The van der Waals surface area contributed by atoms with Gasteiger partial charge in [0.15, 0.2) is 10.9 Å². The molecule has 0 fully saturated rings. The second kappa shape index (κ2) is 8.13. The number of carbonyl (C=O) groups is 1. The molecule has 2 aromatic heterocycles. The summed E-state index contributed by atoms with van der Waals surface area (Å²) in [7, 11) is 1.63. The van der Waals surface area contributed by atoms with E-state index in [4.69, 9.17) is 4.74 Å². The first kappa shape index (κ1) is 17.4. The van der Waals surface area contributed by atoms with Crippen LogP contribution in [0.3, 0.4) is 0 Å². The Balaban J connectivity index is 1.89. The van der Waals surface area contributed by atoms with Gasteiger partial charge in [-0.2, -0.15) is 0 Å². The highest BCUT2D eigenvalue weighted by Crippen LogP contribution is 2.19. The van der Waals surface area contributed by atoms with Crippen LogP contribution in [0.4, 0.5) is 0 Å². The molecule has 0 atom stereocenters. The molecule has 6 nitrogen and oxygen atoms in total. The number of Topliss-reactive ketones (excluding diaryl/α,β-unsaturated/α-hetero) is 1. The van der Waals surface area contributed by atoms with E-state index in [9.17, 15) is 9.59 Å². The highest BCUT2D eigenvalue weighted by atomic mass is 32.2. The van der Waals surface area contributed by atoms with Crippen molar-refractivity contribution in [3.8, 4) is 0 Å².